The van der Waals surface area contributed by atoms with Crippen LogP contribution in [0.4, 0.5) is 5.69 Å². The van der Waals surface area contributed by atoms with Crippen molar-refractivity contribution in [1.29, 1.82) is 0 Å². The molecule has 0 atom stereocenters. The van der Waals surface area contributed by atoms with Crippen LogP contribution in [0.15, 0.2) is 35.7 Å². The topological polar surface area (TPSA) is 40.5 Å². The van der Waals surface area contributed by atoms with Crippen LogP contribution in [0, 0.1) is 0 Å². The molecule has 3 nitrogen and oxygen atoms in total. The molecule has 1 aromatic carbocycles. The van der Waals surface area contributed by atoms with Gasteiger partial charge in [0.2, 0.25) is 0 Å². The lowest BCUT2D eigenvalue weighted by Crippen LogP contribution is -2.31. The SMILES string of the molecule is O=C(O)c1ccc2c(c1)CCCN2CCc1cccs1. The summed E-state index contributed by atoms with van der Waals surface area (Å²) in [6.07, 6.45) is 3.13. The number of rotatable bonds is 4. The van der Waals surface area contributed by atoms with Crippen molar-refractivity contribution in [3.05, 3.63) is 51.7 Å². The number of aryl methyl sites for hydroxylation is 1. The maximum absolute atomic E-state index is 11.0. The van der Waals surface area contributed by atoms with Crippen LogP contribution in [-0.2, 0) is 12.8 Å². The summed E-state index contributed by atoms with van der Waals surface area (Å²) in [5.41, 5.74) is 2.77. The maximum Gasteiger partial charge on any atom is 0.335 e. The second kappa shape index (κ2) is 5.67. The van der Waals surface area contributed by atoms with Crippen LogP contribution >= 0.6 is 11.3 Å². The summed E-state index contributed by atoms with van der Waals surface area (Å²) >= 11 is 1.79. The molecule has 2 heterocycles. The van der Waals surface area contributed by atoms with Gasteiger partial charge in [-0.1, -0.05) is 6.07 Å². The van der Waals surface area contributed by atoms with Gasteiger partial charge in [0, 0.05) is 23.7 Å². The third-order valence-corrected chi connectivity index (χ3v) is 4.69. The minimum atomic E-state index is -0.844. The lowest BCUT2D eigenvalue weighted by atomic mass is 9.99. The molecule has 104 valence electrons. The first-order chi connectivity index (χ1) is 9.74. The molecule has 0 aliphatic carbocycles. The number of fused-ring (bicyclic) bond motifs is 1. The van der Waals surface area contributed by atoms with E-state index < -0.39 is 5.97 Å². The van der Waals surface area contributed by atoms with E-state index in [1.165, 1.54) is 16.1 Å². The van der Waals surface area contributed by atoms with Crippen molar-refractivity contribution in [3.63, 3.8) is 0 Å². The van der Waals surface area contributed by atoms with Gasteiger partial charge in [0.05, 0.1) is 5.56 Å². The summed E-state index contributed by atoms with van der Waals surface area (Å²) in [5, 5.41) is 11.2. The molecule has 0 saturated heterocycles. The van der Waals surface area contributed by atoms with Gasteiger partial charge in [-0.3, -0.25) is 0 Å². The Morgan fingerprint density at radius 1 is 1.35 bits per heavy atom. The number of aromatic carboxylic acids is 1. The highest BCUT2D eigenvalue weighted by molar-refractivity contribution is 7.09. The van der Waals surface area contributed by atoms with Gasteiger partial charge < -0.3 is 10.0 Å². The highest BCUT2D eigenvalue weighted by Crippen LogP contribution is 2.28. The molecule has 1 N–H and O–H groups in total. The number of carboxylic acids is 1. The number of carboxylic acid groups (broad SMARTS) is 1. The second-order valence-electron chi connectivity index (χ2n) is 5.07. The zero-order valence-corrected chi connectivity index (χ0v) is 12.0. The number of benzene rings is 1. The number of hydrogen-bond donors (Lipinski definition) is 1. The van der Waals surface area contributed by atoms with Crippen LogP contribution in [0.1, 0.15) is 27.2 Å². The number of hydrogen-bond acceptors (Lipinski definition) is 3. The molecular weight excluding hydrogens is 270 g/mol. The quantitative estimate of drug-likeness (QED) is 0.936. The highest BCUT2D eigenvalue weighted by Gasteiger charge is 2.18. The van der Waals surface area contributed by atoms with Crippen molar-refractivity contribution < 1.29 is 9.90 Å². The Morgan fingerprint density at radius 3 is 3.00 bits per heavy atom. The fourth-order valence-corrected chi connectivity index (χ4v) is 3.44. The predicted octanol–water partition coefficient (Wildman–Crippen LogP) is 3.44. The van der Waals surface area contributed by atoms with Crippen molar-refractivity contribution in [2.75, 3.05) is 18.0 Å². The number of nitrogens with zero attached hydrogens (tertiary/aromatic N) is 1. The van der Waals surface area contributed by atoms with E-state index >= 15 is 0 Å². The molecule has 0 fully saturated rings. The number of anilines is 1. The zero-order chi connectivity index (χ0) is 13.9. The minimum Gasteiger partial charge on any atom is -0.478 e. The fraction of sp³-hybridized carbons (Fsp3) is 0.312. The molecule has 1 aliphatic rings. The van der Waals surface area contributed by atoms with E-state index in [0.29, 0.717) is 5.56 Å². The first kappa shape index (κ1) is 13.2. The van der Waals surface area contributed by atoms with Crippen molar-refractivity contribution in [2.45, 2.75) is 19.3 Å². The van der Waals surface area contributed by atoms with Crippen molar-refractivity contribution >= 4 is 23.0 Å². The van der Waals surface area contributed by atoms with E-state index in [2.05, 4.69) is 22.4 Å². The highest BCUT2D eigenvalue weighted by atomic mass is 32.1. The molecule has 2 aromatic rings. The fourth-order valence-electron chi connectivity index (χ4n) is 2.74. The lowest BCUT2D eigenvalue weighted by molar-refractivity contribution is 0.0697. The monoisotopic (exact) mass is 287 g/mol. The van der Waals surface area contributed by atoms with Crippen LogP contribution in [0.5, 0.6) is 0 Å². The average molecular weight is 287 g/mol. The Balaban J connectivity index is 1.77. The van der Waals surface area contributed by atoms with Crippen LogP contribution < -0.4 is 4.90 Å². The van der Waals surface area contributed by atoms with Gasteiger partial charge in [0.15, 0.2) is 0 Å². The Morgan fingerprint density at radius 2 is 2.25 bits per heavy atom. The Labute approximate surface area is 122 Å². The van der Waals surface area contributed by atoms with Crippen LogP contribution in [0.25, 0.3) is 0 Å². The molecule has 0 unspecified atom stereocenters. The standard InChI is InChI=1S/C16H17NO2S/c18-16(19)13-5-6-15-12(11-13)3-1-8-17(15)9-7-14-4-2-10-20-14/h2,4-6,10-11H,1,3,7-9H2,(H,18,19). The molecular formula is C16H17NO2S. The second-order valence-corrected chi connectivity index (χ2v) is 6.10. The molecule has 0 amide bonds. The van der Waals surface area contributed by atoms with Gasteiger partial charge in [0.25, 0.3) is 0 Å². The smallest absolute Gasteiger partial charge is 0.335 e. The van der Waals surface area contributed by atoms with Gasteiger partial charge in [-0.2, -0.15) is 0 Å². The van der Waals surface area contributed by atoms with Crippen LogP contribution in [0.3, 0.4) is 0 Å². The zero-order valence-electron chi connectivity index (χ0n) is 11.2. The molecule has 20 heavy (non-hydrogen) atoms. The van der Waals surface area contributed by atoms with Crippen LogP contribution in [0.2, 0.25) is 0 Å². The maximum atomic E-state index is 11.0. The molecule has 0 spiro atoms. The van der Waals surface area contributed by atoms with E-state index in [0.717, 1.165) is 32.4 Å². The molecule has 0 bridgehead atoms. The Hall–Kier alpha value is -1.81. The third kappa shape index (κ3) is 2.70. The molecule has 3 rings (SSSR count). The lowest BCUT2D eigenvalue weighted by Gasteiger charge is -2.31. The largest absolute Gasteiger partial charge is 0.478 e. The number of thiophene rings is 1. The van der Waals surface area contributed by atoms with Crippen molar-refractivity contribution in [3.8, 4) is 0 Å². The van der Waals surface area contributed by atoms with Gasteiger partial charge in [-0.15, -0.1) is 11.3 Å². The third-order valence-electron chi connectivity index (χ3n) is 3.75. The summed E-state index contributed by atoms with van der Waals surface area (Å²) in [4.78, 5) is 14.8. The molecule has 0 saturated carbocycles. The van der Waals surface area contributed by atoms with Crippen molar-refractivity contribution in [1.82, 2.24) is 0 Å². The summed E-state index contributed by atoms with van der Waals surface area (Å²) < 4.78 is 0. The van der Waals surface area contributed by atoms with E-state index in [1.807, 2.05) is 12.1 Å². The Kier molecular flexibility index (Phi) is 3.74. The molecule has 1 aromatic heterocycles. The molecule has 4 heteroatoms. The van der Waals surface area contributed by atoms with Crippen molar-refractivity contribution in [2.24, 2.45) is 0 Å². The first-order valence-corrected chi connectivity index (χ1v) is 7.75. The minimum absolute atomic E-state index is 0.392. The molecule has 0 radical (unpaired) electrons. The summed E-state index contributed by atoms with van der Waals surface area (Å²) in [6, 6.07) is 9.76. The van der Waals surface area contributed by atoms with Gasteiger partial charge in [-0.25, -0.2) is 4.79 Å². The summed E-state index contributed by atoms with van der Waals surface area (Å²) in [5.74, 6) is -0.844. The van der Waals surface area contributed by atoms with Gasteiger partial charge in [-0.05, 0) is 54.5 Å². The predicted molar refractivity (Wildman–Crippen MR) is 82.0 cm³/mol. The van der Waals surface area contributed by atoms with Crippen LogP contribution in [-0.4, -0.2) is 24.2 Å². The van der Waals surface area contributed by atoms with Gasteiger partial charge in [0.1, 0.15) is 0 Å². The van der Waals surface area contributed by atoms with E-state index in [9.17, 15) is 4.79 Å². The van der Waals surface area contributed by atoms with Gasteiger partial charge >= 0.3 is 5.97 Å². The summed E-state index contributed by atoms with van der Waals surface area (Å²) in [7, 11) is 0. The van der Waals surface area contributed by atoms with E-state index in [1.54, 1.807) is 17.4 Å². The normalized spacial score (nSPS) is 14.1. The van der Waals surface area contributed by atoms with E-state index in [-0.39, 0.29) is 0 Å². The molecule has 1 aliphatic heterocycles. The van der Waals surface area contributed by atoms with E-state index in [4.69, 9.17) is 5.11 Å². The average Bonchev–Trinajstić information content (AvgIpc) is 2.97. The summed E-state index contributed by atoms with van der Waals surface area (Å²) in [6.45, 7) is 2.06. The Bertz CT molecular complexity index is 607. The first-order valence-electron chi connectivity index (χ1n) is 6.87. The number of carbonyl (C=O) groups is 1.